The third-order valence-corrected chi connectivity index (χ3v) is 3.01. The number of hydrogen-bond acceptors (Lipinski definition) is 2. The number of rotatable bonds is 4. The van der Waals surface area contributed by atoms with Crippen LogP contribution in [-0.4, -0.2) is 22.0 Å². The van der Waals surface area contributed by atoms with E-state index in [1.54, 1.807) is 6.92 Å². The monoisotopic (exact) mass is 272 g/mol. The second kappa shape index (κ2) is 5.61. The Kier molecular flexibility index (Phi) is 3.89. The van der Waals surface area contributed by atoms with Crippen molar-refractivity contribution in [1.82, 2.24) is 4.98 Å². The Morgan fingerprint density at radius 2 is 2.05 bits per heavy atom. The number of benzene rings is 1. The molecular formula is C15H16N2O3. The summed E-state index contributed by atoms with van der Waals surface area (Å²) in [4.78, 5) is 25.9. The van der Waals surface area contributed by atoms with Gasteiger partial charge in [-0.05, 0) is 19.4 Å². The summed E-state index contributed by atoms with van der Waals surface area (Å²) in [6.07, 6.45) is 1.71. The number of aryl methyl sites for hydroxylation is 2. The molecule has 0 saturated heterocycles. The standard InChI is InChI=1S/C15H16N2O3/c1-9-4-3-5-11(6-9)7-13(18)17-12-8-16-10(2)14(12)15(19)20/h3-6,8,16H,7H2,1-2H3,(H,17,18)(H,19,20). The van der Waals surface area contributed by atoms with Gasteiger partial charge in [-0.25, -0.2) is 4.79 Å². The molecule has 0 saturated carbocycles. The maximum absolute atomic E-state index is 12.0. The number of aromatic nitrogens is 1. The fraction of sp³-hybridized carbons (Fsp3) is 0.200. The highest BCUT2D eigenvalue weighted by Gasteiger charge is 2.17. The molecule has 0 aliphatic rings. The molecule has 0 atom stereocenters. The fourth-order valence-electron chi connectivity index (χ4n) is 2.10. The van der Waals surface area contributed by atoms with E-state index < -0.39 is 5.97 Å². The van der Waals surface area contributed by atoms with Crippen LogP contribution in [0.5, 0.6) is 0 Å². The zero-order chi connectivity index (χ0) is 14.7. The minimum Gasteiger partial charge on any atom is -0.478 e. The van der Waals surface area contributed by atoms with Crippen molar-refractivity contribution in [2.24, 2.45) is 0 Å². The van der Waals surface area contributed by atoms with Gasteiger partial charge in [-0.1, -0.05) is 29.8 Å². The SMILES string of the molecule is Cc1cccc(CC(=O)Nc2c[nH]c(C)c2C(=O)O)c1. The number of carboxylic acid groups (broad SMARTS) is 1. The number of amides is 1. The first-order chi connectivity index (χ1) is 9.47. The van der Waals surface area contributed by atoms with Crippen LogP contribution in [0, 0.1) is 13.8 Å². The lowest BCUT2D eigenvalue weighted by atomic mass is 10.1. The molecule has 1 aromatic carbocycles. The van der Waals surface area contributed by atoms with Crippen LogP contribution in [0.3, 0.4) is 0 Å². The highest BCUT2D eigenvalue weighted by Crippen LogP contribution is 2.19. The van der Waals surface area contributed by atoms with Gasteiger partial charge in [-0.2, -0.15) is 0 Å². The number of carbonyl (C=O) groups is 2. The zero-order valence-electron chi connectivity index (χ0n) is 11.4. The Balaban J connectivity index is 2.11. The number of anilines is 1. The Morgan fingerprint density at radius 1 is 1.30 bits per heavy atom. The van der Waals surface area contributed by atoms with Gasteiger partial charge < -0.3 is 15.4 Å². The Morgan fingerprint density at radius 3 is 2.70 bits per heavy atom. The Bertz CT molecular complexity index is 659. The summed E-state index contributed by atoms with van der Waals surface area (Å²) in [7, 11) is 0. The predicted octanol–water partition coefficient (Wildman–Crippen LogP) is 2.51. The summed E-state index contributed by atoms with van der Waals surface area (Å²) >= 11 is 0. The molecule has 20 heavy (non-hydrogen) atoms. The smallest absolute Gasteiger partial charge is 0.339 e. The van der Waals surface area contributed by atoms with Crippen LogP contribution in [0.4, 0.5) is 5.69 Å². The van der Waals surface area contributed by atoms with E-state index in [4.69, 9.17) is 5.11 Å². The molecule has 104 valence electrons. The molecule has 2 rings (SSSR count). The second-order valence-electron chi connectivity index (χ2n) is 4.72. The van der Waals surface area contributed by atoms with Crippen molar-refractivity contribution in [2.45, 2.75) is 20.3 Å². The van der Waals surface area contributed by atoms with Gasteiger partial charge >= 0.3 is 5.97 Å². The molecule has 3 N–H and O–H groups in total. The van der Waals surface area contributed by atoms with E-state index in [1.807, 2.05) is 31.2 Å². The highest BCUT2D eigenvalue weighted by molar-refractivity contribution is 6.01. The summed E-state index contributed by atoms with van der Waals surface area (Å²) in [6, 6.07) is 7.65. The molecule has 0 fully saturated rings. The van der Waals surface area contributed by atoms with Crippen molar-refractivity contribution >= 4 is 17.6 Å². The van der Waals surface area contributed by atoms with E-state index in [0.717, 1.165) is 11.1 Å². The largest absolute Gasteiger partial charge is 0.478 e. The van der Waals surface area contributed by atoms with Crippen molar-refractivity contribution in [1.29, 1.82) is 0 Å². The lowest BCUT2D eigenvalue weighted by Gasteiger charge is -2.05. The minimum absolute atomic E-state index is 0.0996. The van der Waals surface area contributed by atoms with Crippen LogP contribution in [0.15, 0.2) is 30.5 Å². The molecule has 0 aliphatic heterocycles. The maximum atomic E-state index is 12.0. The van der Waals surface area contributed by atoms with Gasteiger partial charge in [0.1, 0.15) is 5.56 Å². The number of nitrogens with one attached hydrogen (secondary N) is 2. The van der Waals surface area contributed by atoms with Gasteiger partial charge in [0.15, 0.2) is 0 Å². The molecule has 2 aromatic rings. The van der Waals surface area contributed by atoms with E-state index in [0.29, 0.717) is 11.4 Å². The molecule has 1 amide bonds. The topological polar surface area (TPSA) is 82.2 Å². The lowest BCUT2D eigenvalue weighted by Crippen LogP contribution is -2.16. The number of aromatic amines is 1. The molecule has 5 heteroatoms. The first-order valence-electron chi connectivity index (χ1n) is 6.24. The average Bonchev–Trinajstić information content (AvgIpc) is 2.70. The van der Waals surface area contributed by atoms with Gasteiger partial charge in [-0.15, -0.1) is 0 Å². The number of H-pyrrole nitrogens is 1. The van der Waals surface area contributed by atoms with Crippen molar-refractivity contribution in [2.75, 3.05) is 5.32 Å². The molecule has 0 spiro atoms. The van der Waals surface area contributed by atoms with Crippen LogP contribution < -0.4 is 5.32 Å². The van der Waals surface area contributed by atoms with Crippen LogP contribution >= 0.6 is 0 Å². The summed E-state index contributed by atoms with van der Waals surface area (Å²) < 4.78 is 0. The van der Waals surface area contributed by atoms with Crippen LogP contribution in [0.1, 0.15) is 27.2 Å². The lowest BCUT2D eigenvalue weighted by molar-refractivity contribution is -0.115. The van der Waals surface area contributed by atoms with E-state index in [9.17, 15) is 9.59 Å². The minimum atomic E-state index is -1.06. The fourth-order valence-corrected chi connectivity index (χ4v) is 2.10. The molecule has 1 heterocycles. The molecule has 5 nitrogen and oxygen atoms in total. The number of carboxylic acids is 1. The predicted molar refractivity (Wildman–Crippen MR) is 76.0 cm³/mol. The summed E-state index contributed by atoms with van der Waals surface area (Å²) in [5.74, 6) is -1.30. The van der Waals surface area contributed by atoms with Crippen LogP contribution in [0.25, 0.3) is 0 Å². The number of carbonyl (C=O) groups excluding carboxylic acids is 1. The van der Waals surface area contributed by atoms with Crippen molar-refractivity contribution in [3.8, 4) is 0 Å². The van der Waals surface area contributed by atoms with Gasteiger partial charge in [-0.3, -0.25) is 4.79 Å². The first kappa shape index (κ1) is 13.9. The Labute approximate surface area is 116 Å². The third-order valence-electron chi connectivity index (χ3n) is 3.01. The summed E-state index contributed by atoms with van der Waals surface area (Å²) in [5.41, 5.74) is 2.89. The third kappa shape index (κ3) is 3.06. The van der Waals surface area contributed by atoms with Gasteiger partial charge in [0, 0.05) is 11.9 Å². The van der Waals surface area contributed by atoms with Gasteiger partial charge in [0.2, 0.25) is 5.91 Å². The summed E-state index contributed by atoms with van der Waals surface area (Å²) in [6.45, 7) is 3.61. The van der Waals surface area contributed by atoms with E-state index in [-0.39, 0.29) is 17.9 Å². The van der Waals surface area contributed by atoms with Crippen LogP contribution in [-0.2, 0) is 11.2 Å². The number of hydrogen-bond donors (Lipinski definition) is 3. The normalized spacial score (nSPS) is 10.3. The second-order valence-corrected chi connectivity index (χ2v) is 4.72. The molecule has 0 radical (unpaired) electrons. The van der Waals surface area contributed by atoms with E-state index in [1.165, 1.54) is 6.20 Å². The quantitative estimate of drug-likeness (QED) is 0.799. The number of aromatic carboxylic acids is 1. The Hall–Kier alpha value is -2.56. The van der Waals surface area contributed by atoms with Crippen molar-refractivity contribution in [3.63, 3.8) is 0 Å². The van der Waals surface area contributed by atoms with Crippen molar-refractivity contribution in [3.05, 3.63) is 52.8 Å². The molecular weight excluding hydrogens is 256 g/mol. The summed E-state index contributed by atoms with van der Waals surface area (Å²) in [5, 5.41) is 11.7. The first-order valence-corrected chi connectivity index (χ1v) is 6.24. The van der Waals surface area contributed by atoms with Gasteiger partial charge in [0.25, 0.3) is 0 Å². The van der Waals surface area contributed by atoms with Crippen molar-refractivity contribution < 1.29 is 14.7 Å². The molecule has 0 bridgehead atoms. The van der Waals surface area contributed by atoms with Crippen LogP contribution in [0.2, 0.25) is 0 Å². The average molecular weight is 272 g/mol. The van der Waals surface area contributed by atoms with E-state index in [2.05, 4.69) is 10.3 Å². The zero-order valence-corrected chi connectivity index (χ0v) is 11.4. The van der Waals surface area contributed by atoms with Gasteiger partial charge in [0.05, 0.1) is 12.1 Å². The molecule has 0 unspecified atom stereocenters. The van der Waals surface area contributed by atoms with E-state index >= 15 is 0 Å². The highest BCUT2D eigenvalue weighted by atomic mass is 16.4. The molecule has 1 aromatic heterocycles. The maximum Gasteiger partial charge on any atom is 0.339 e. The molecule has 0 aliphatic carbocycles.